The van der Waals surface area contributed by atoms with Crippen LogP contribution in [0.15, 0.2) is 18.2 Å². The molecule has 0 aliphatic heterocycles. The Balaban J connectivity index is 1.97. The molecular formula is C13H14N2O4S. The molecule has 0 fully saturated rings. The van der Waals surface area contributed by atoms with Gasteiger partial charge in [-0.2, -0.15) is 0 Å². The molecule has 1 aromatic heterocycles. The first-order valence-corrected chi connectivity index (χ1v) is 7.02. The summed E-state index contributed by atoms with van der Waals surface area (Å²) in [5, 5.41) is 11.6. The number of aromatic nitrogens is 1. The first-order valence-electron chi connectivity index (χ1n) is 6.21. The molecule has 0 saturated carbocycles. The van der Waals surface area contributed by atoms with Crippen molar-refractivity contribution in [3.63, 3.8) is 0 Å². The lowest BCUT2D eigenvalue weighted by Crippen LogP contribution is -1.99. The molecule has 0 aliphatic carbocycles. The van der Waals surface area contributed by atoms with E-state index in [1.54, 1.807) is 12.1 Å². The van der Waals surface area contributed by atoms with Gasteiger partial charge in [-0.1, -0.05) is 0 Å². The molecule has 106 valence electrons. The van der Waals surface area contributed by atoms with Crippen LogP contribution in [0.25, 0.3) is 10.2 Å². The molecule has 6 nitrogen and oxygen atoms in total. The number of carbonyl (C=O) groups excluding carboxylic acids is 1. The highest BCUT2D eigenvalue weighted by atomic mass is 32.1. The zero-order valence-electron chi connectivity index (χ0n) is 11.0. The molecule has 1 heterocycles. The Morgan fingerprint density at radius 1 is 1.45 bits per heavy atom. The number of ether oxygens (including phenoxy) is 1. The molecule has 1 aromatic carbocycles. The third kappa shape index (κ3) is 3.51. The molecule has 0 spiro atoms. The molecule has 0 N–H and O–H groups in total. The van der Waals surface area contributed by atoms with Crippen LogP contribution in [0.3, 0.4) is 0 Å². The average molecular weight is 294 g/mol. The fourth-order valence-corrected chi connectivity index (χ4v) is 2.87. The molecule has 0 saturated heterocycles. The van der Waals surface area contributed by atoms with Gasteiger partial charge in [-0.05, 0) is 25.3 Å². The van der Waals surface area contributed by atoms with Gasteiger partial charge in [-0.25, -0.2) is 4.98 Å². The van der Waals surface area contributed by atoms with Crippen LogP contribution in [0.4, 0.5) is 5.69 Å². The molecule has 2 rings (SSSR count). The number of nitro benzene ring substituents is 1. The first kappa shape index (κ1) is 14.4. The minimum Gasteiger partial charge on any atom is -0.469 e. The standard InChI is InChI=1S/C13H14N2O4S/c1-19-13(16)5-3-2-4-12-14-10-7-6-9(15(17)18)8-11(10)20-12/h6-8H,2-5H2,1H3. The molecular weight excluding hydrogens is 280 g/mol. The number of hydrogen-bond acceptors (Lipinski definition) is 6. The lowest BCUT2D eigenvalue weighted by molar-refractivity contribution is -0.384. The molecule has 2 aromatic rings. The quantitative estimate of drug-likeness (QED) is 0.354. The van der Waals surface area contributed by atoms with E-state index in [0.717, 1.165) is 34.5 Å². The third-order valence-corrected chi connectivity index (χ3v) is 3.95. The van der Waals surface area contributed by atoms with Gasteiger partial charge in [0.05, 0.1) is 27.3 Å². The van der Waals surface area contributed by atoms with Gasteiger partial charge in [0.1, 0.15) is 0 Å². The summed E-state index contributed by atoms with van der Waals surface area (Å²) in [6.45, 7) is 0. The van der Waals surface area contributed by atoms with Crippen molar-refractivity contribution in [1.82, 2.24) is 4.98 Å². The van der Waals surface area contributed by atoms with Crippen molar-refractivity contribution >= 4 is 33.2 Å². The average Bonchev–Trinajstić information content (AvgIpc) is 2.84. The summed E-state index contributed by atoms with van der Waals surface area (Å²) in [6.07, 6.45) is 2.77. The fraction of sp³-hybridized carbons (Fsp3) is 0.385. The van der Waals surface area contributed by atoms with Crippen molar-refractivity contribution in [1.29, 1.82) is 0 Å². The van der Waals surface area contributed by atoms with E-state index in [9.17, 15) is 14.9 Å². The SMILES string of the molecule is COC(=O)CCCCc1nc2ccc([N+](=O)[O-])cc2s1. The van der Waals surface area contributed by atoms with Crippen LogP contribution in [0.2, 0.25) is 0 Å². The van der Waals surface area contributed by atoms with Crippen LogP contribution in [0.1, 0.15) is 24.3 Å². The Bertz CT molecular complexity index is 638. The number of aryl methyl sites for hydroxylation is 1. The maximum atomic E-state index is 11.0. The minimum absolute atomic E-state index is 0.0818. The van der Waals surface area contributed by atoms with Crippen LogP contribution in [0.5, 0.6) is 0 Å². The first-order chi connectivity index (χ1) is 9.60. The van der Waals surface area contributed by atoms with Gasteiger partial charge < -0.3 is 4.74 Å². The number of nitro groups is 1. The van der Waals surface area contributed by atoms with Gasteiger partial charge in [-0.3, -0.25) is 14.9 Å². The second-order valence-electron chi connectivity index (χ2n) is 4.30. The highest BCUT2D eigenvalue weighted by molar-refractivity contribution is 7.18. The van der Waals surface area contributed by atoms with Crippen molar-refractivity contribution in [2.45, 2.75) is 25.7 Å². The monoisotopic (exact) mass is 294 g/mol. The molecule has 0 unspecified atom stereocenters. The number of hydrogen-bond donors (Lipinski definition) is 0. The summed E-state index contributed by atoms with van der Waals surface area (Å²) in [7, 11) is 1.38. The number of methoxy groups -OCH3 is 1. The summed E-state index contributed by atoms with van der Waals surface area (Å²) >= 11 is 1.46. The molecule has 0 radical (unpaired) electrons. The number of esters is 1. The minimum atomic E-state index is -0.408. The van der Waals surface area contributed by atoms with E-state index in [-0.39, 0.29) is 11.7 Å². The number of benzene rings is 1. The van der Waals surface area contributed by atoms with Gasteiger partial charge in [0, 0.05) is 18.6 Å². The van der Waals surface area contributed by atoms with Gasteiger partial charge >= 0.3 is 5.97 Å². The summed E-state index contributed by atoms with van der Waals surface area (Å²) in [4.78, 5) is 25.7. The van der Waals surface area contributed by atoms with Crippen LogP contribution >= 0.6 is 11.3 Å². The number of fused-ring (bicyclic) bond motifs is 1. The van der Waals surface area contributed by atoms with Crippen LogP contribution < -0.4 is 0 Å². The smallest absolute Gasteiger partial charge is 0.305 e. The number of thiazole rings is 1. The Hall–Kier alpha value is -2.02. The zero-order chi connectivity index (χ0) is 14.5. The highest BCUT2D eigenvalue weighted by Crippen LogP contribution is 2.27. The van der Waals surface area contributed by atoms with Gasteiger partial charge in [0.15, 0.2) is 0 Å². The van der Waals surface area contributed by atoms with Crippen LogP contribution in [0, 0.1) is 10.1 Å². The topological polar surface area (TPSA) is 82.3 Å². The Morgan fingerprint density at radius 3 is 2.95 bits per heavy atom. The summed E-state index contributed by atoms with van der Waals surface area (Å²) in [5.41, 5.74) is 0.863. The third-order valence-electron chi connectivity index (χ3n) is 2.88. The van der Waals surface area contributed by atoms with Crippen LogP contribution in [-0.4, -0.2) is 23.0 Å². The van der Waals surface area contributed by atoms with Crippen molar-refractivity contribution in [3.05, 3.63) is 33.3 Å². The van der Waals surface area contributed by atoms with Gasteiger partial charge in [0.2, 0.25) is 0 Å². The number of rotatable bonds is 6. The fourth-order valence-electron chi connectivity index (χ4n) is 1.83. The second-order valence-corrected chi connectivity index (χ2v) is 5.42. The van der Waals surface area contributed by atoms with Crippen molar-refractivity contribution in [2.75, 3.05) is 7.11 Å². The Kier molecular flexibility index (Phi) is 4.62. The van der Waals surface area contributed by atoms with E-state index in [4.69, 9.17) is 0 Å². The van der Waals surface area contributed by atoms with E-state index in [2.05, 4.69) is 9.72 Å². The summed E-state index contributed by atoms with van der Waals surface area (Å²) in [5.74, 6) is -0.204. The maximum absolute atomic E-state index is 11.0. The van der Waals surface area contributed by atoms with Gasteiger partial charge in [-0.15, -0.1) is 11.3 Å². The number of unbranched alkanes of at least 4 members (excludes halogenated alkanes) is 1. The van der Waals surface area contributed by atoms with Crippen molar-refractivity contribution in [2.24, 2.45) is 0 Å². The summed E-state index contributed by atoms with van der Waals surface area (Å²) in [6, 6.07) is 4.68. The molecule has 7 heteroatoms. The molecule has 0 amide bonds. The largest absolute Gasteiger partial charge is 0.469 e. The molecule has 0 atom stereocenters. The maximum Gasteiger partial charge on any atom is 0.305 e. The normalized spacial score (nSPS) is 10.7. The van der Waals surface area contributed by atoms with Crippen molar-refractivity contribution < 1.29 is 14.5 Å². The predicted octanol–water partition coefficient (Wildman–Crippen LogP) is 3.09. The van der Waals surface area contributed by atoms with E-state index in [0.29, 0.717) is 6.42 Å². The Labute approximate surface area is 119 Å². The Morgan fingerprint density at radius 2 is 2.25 bits per heavy atom. The molecule has 0 bridgehead atoms. The lowest BCUT2D eigenvalue weighted by atomic mass is 10.2. The number of non-ortho nitro benzene ring substituents is 1. The summed E-state index contributed by atoms with van der Waals surface area (Å²) < 4.78 is 5.39. The van der Waals surface area contributed by atoms with E-state index in [1.807, 2.05) is 0 Å². The van der Waals surface area contributed by atoms with Crippen LogP contribution in [-0.2, 0) is 16.0 Å². The number of nitrogens with zero attached hydrogens (tertiary/aromatic N) is 2. The zero-order valence-corrected chi connectivity index (χ0v) is 11.8. The van der Waals surface area contributed by atoms with E-state index in [1.165, 1.54) is 24.5 Å². The molecule has 0 aliphatic rings. The lowest BCUT2D eigenvalue weighted by Gasteiger charge is -1.97. The second kappa shape index (κ2) is 6.42. The predicted molar refractivity (Wildman–Crippen MR) is 75.8 cm³/mol. The van der Waals surface area contributed by atoms with Crippen molar-refractivity contribution in [3.8, 4) is 0 Å². The number of carbonyl (C=O) groups is 1. The molecule has 20 heavy (non-hydrogen) atoms. The van der Waals surface area contributed by atoms with Gasteiger partial charge in [0.25, 0.3) is 5.69 Å². The van der Waals surface area contributed by atoms with E-state index >= 15 is 0 Å². The van der Waals surface area contributed by atoms with E-state index < -0.39 is 4.92 Å². The highest BCUT2D eigenvalue weighted by Gasteiger charge is 2.10.